The minimum Gasteiger partial charge on any atom is -0.491 e. The topological polar surface area (TPSA) is 42.0 Å². The molecule has 3 aliphatic rings. The summed E-state index contributed by atoms with van der Waals surface area (Å²) in [5.41, 5.74) is 2.45. The van der Waals surface area contributed by atoms with Crippen LogP contribution >= 0.6 is 0 Å². The summed E-state index contributed by atoms with van der Waals surface area (Å²) in [6.45, 7) is 5.90. The Morgan fingerprint density at radius 3 is 2.65 bits per heavy atom. The molecule has 2 fully saturated rings. The van der Waals surface area contributed by atoms with Crippen LogP contribution in [0.15, 0.2) is 18.2 Å². The number of carbonyl (C=O) groups is 1. The van der Waals surface area contributed by atoms with E-state index in [1.165, 1.54) is 44.3 Å². The first kappa shape index (κ1) is 17.8. The van der Waals surface area contributed by atoms with E-state index in [0.29, 0.717) is 26.3 Å². The first-order valence-electron chi connectivity index (χ1n) is 10.2. The van der Waals surface area contributed by atoms with Gasteiger partial charge in [-0.25, -0.2) is 0 Å². The molecule has 0 saturated carbocycles. The second-order valence-electron chi connectivity index (χ2n) is 7.74. The Labute approximate surface area is 156 Å². The van der Waals surface area contributed by atoms with Crippen LogP contribution < -0.4 is 4.74 Å². The number of hydrogen-bond donors (Lipinski definition) is 0. The number of ether oxygens (including phenoxy) is 2. The summed E-state index contributed by atoms with van der Waals surface area (Å²) in [5, 5.41) is 0. The Morgan fingerprint density at radius 2 is 1.88 bits per heavy atom. The van der Waals surface area contributed by atoms with Crippen molar-refractivity contribution in [3.63, 3.8) is 0 Å². The highest BCUT2D eigenvalue weighted by atomic mass is 16.5. The minimum atomic E-state index is -0.253. The lowest BCUT2D eigenvalue weighted by Crippen LogP contribution is -2.39. The van der Waals surface area contributed by atoms with Gasteiger partial charge in [0.25, 0.3) is 5.91 Å². The largest absolute Gasteiger partial charge is 0.491 e. The molecule has 5 nitrogen and oxygen atoms in total. The summed E-state index contributed by atoms with van der Waals surface area (Å²) >= 11 is 0. The predicted molar refractivity (Wildman–Crippen MR) is 100 cm³/mol. The lowest BCUT2D eigenvalue weighted by molar-refractivity contribution is -0.141. The van der Waals surface area contributed by atoms with E-state index in [1.807, 2.05) is 4.90 Å². The van der Waals surface area contributed by atoms with E-state index < -0.39 is 0 Å². The third-order valence-electron chi connectivity index (χ3n) is 5.73. The van der Waals surface area contributed by atoms with Crippen molar-refractivity contribution in [3.8, 4) is 5.75 Å². The van der Waals surface area contributed by atoms with E-state index in [0.717, 1.165) is 30.7 Å². The minimum absolute atomic E-state index is 0.122. The highest BCUT2D eigenvalue weighted by Gasteiger charge is 2.30. The van der Waals surface area contributed by atoms with Crippen LogP contribution in [0.4, 0.5) is 0 Å². The summed E-state index contributed by atoms with van der Waals surface area (Å²) in [5.74, 6) is 1.05. The summed E-state index contributed by atoms with van der Waals surface area (Å²) in [4.78, 5) is 17.2. The quantitative estimate of drug-likeness (QED) is 0.833. The van der Waals surface area contributed by atoms with E-state index in [4.69, 9.17) is 9.47 Å². The normalized spacial score (nSPS) is 24.5. The van der Waals surface area contributed by atoms with Crippen molar-refractivity contribution in [1.29, 1.82) is 0 Å². The molecule has 2 saturated heterocycles. The zero-order valence-corrected chi connectivity index (χ0v) is 15.6. The van der Waals surface area contributed by atoms with Gasteiger partial charge in [-0.2, -0.15) is 0 Å². The fourth-order valence-electron chi connectivity index (χ4n) is 4.26. The smallest absolute Gasteiger partial charge is 0.252 e. The van der Waals surface area contributed by atoms with E-state index in [1.54, 1.807) is 0 Å². The van der Waals surface area contributed by atoms with Crippen molar-refractivity contribution in [2.75, 3.05) is 32.8 Å². The van der Waals surface area contributed by atoms with Crippen LogP contribution in [0.5, 0.6) is 5.75 Å². The number of fused-ring (bicyclic) bond motifs is 1. The van der Waals surface area contributed by atoms with Crippen LogP contribution in [0.2, 0.25) is 0 Å². The molecule has 1 atom stereocenters. The SMILES string of the molecule is O=C(C1CCCO1)N1CCOc2ccc(CN3CCCCCC3)cc2C1. The standard InChI is InChI=1S/C21H30N2O3/c24-21(20-6-5-12-25-20)23-11-13-26-19-8-7-17(14-18(19)16-23)15-22-9-3-1-2-4-10-22/h7-8,14,20H,1-6,9-13,15-16H2. The zero-order chi connectivity index (χ0) is 17.8. The Morgan fingerprint density at radius 1 is 1.04 bits per heavy atom. The molecule has 0 aliphatic carbocycles. The van der Waals surface area contributed by atoms with E-state index in [-0.39, 0.29) is 12.0 Å². The van der Waals surface area contributed by atoms with Gasteiger partial charge in [0.15, 0.2) is 0 Å². The Bertz CT molecular complexity index is 620. The zero-order valence-electron chi connectivity index (χ0n) is 15.6. The van der Waals surface area contributed by atoms with Crippen LogP contribution in [0.3, 0.4) is 0 Å². The Hall–Kier alpha value is -1.59. The lowest BCUT2D eigenvalue weighted by atomic mass is 10.1. The van der Waals surface area contributed by atoms with Gasteiger partial charge in [-0.1, -0.05) is 18.9 Å². The van der Waals surface area contributed by atoms with Crippen molar-refractivity contribution in [3.05, 3.63) is 29.3 Å². The van der Waals surface area contributed by atoms with Gasteiger partial charge in [0.2, 0.25) is 0 Å². The van der Waals surface area contributed by atoms with Gasteiger partial charge in [0, 0.05) is 25.3 Å². The maximum Gasteiger partial charge on any atom is 0.252 e. The summed E-state index contributed by atoms with van der Waals surface area (Å²) in [6.07, 6.45) is 6.89. The number of carbonyl (C=O) groups excluding carboxylic acids is 1. The Kier molecular flexibility index (Phi) is 5.75. The average molecular weight is 358 g/mol. The molecule has 3 aliphatic heterocycles. The van der Waals surface area contributed by atoms with Crippen LogP contribution in [0, 0.1) is 0 Å². The monoisotopic (exact) mass is 358 g/mol. The van der Waals surface area contributed by atoms with E-state index in [9.17, 15) is 4.79 Å². The molecule has 0 aromatic heterocycles. The first-order valence-corrected chi connectivity index (χ1v) is 10.2. The first-order chi connectivity index (χ1) is 12.8. The predicted octanol–water partition coefficient (Wildman–Crippen LogP) is 2.96. The van der Waals surface area contributed by atoms with Crippen LogP contribution in [-0.4, -0.2) is 54.7 Å². The van der Waals surface area contributed by atoms with E-state index >= 15 is 0 Å². The highest BCUT2D eigenvalue weighted by molar-refractivity contribution is 5.81. The number of nitrogens with zero attached hydrogens (tertiary/aromatic N) is 2. The number of rotatable bonds is 3. The molecule has 3 heterocycles. The molecule has 26 heavy (non-hydrogen) atoms. The van der Waals surface area contributed by atoms with Crippen molar-refractivity contribution in [2.45, 2.75) is 57.7 Å². The maximum absolute atomic E-state index is 12.7. The number of amides is 1. The molecule has 4 rings (SSSR count). The van der Waals surface area contributed by atoms with Gasteiger partial charge in [-0.15, -0.1) is 0 Å². The molecule has 1 amide bonds. The molecule has 0 N–H and O–H groups in total. The molecule has 5 heteroatoms. The summed E-state index contributed by atoms with van der Waals surface area (Å²) in [7, 11) is 0. The third kappa shape index (κ3) is 4.21. The molecule has 0 bridgehead atoms. The summed E-state index contributed by atoms with van der Waals surface area (Å²) in [6, 6.07) is 6.51. The van der Waals surface area contributed by atoms with Gasteiger partial charge in [-0.05, 0) is 56.5 Å². The maximum atomic E-state index is 12.7. The molecule has 1 aromatic carbocycles. The van der Waals surface area contributed by atoms with Crippen molar-refractivity contribution >= 4 is 5.91 Å². The fourth-order valence-corrected chi connectivity index (χ4v) is 4.26. The molecule has 1 unspecified atom stereocenters. The number of likely N-dealkylation sites (tertiary alicyclic amines) is 1. The van der Waals surface area contributed by atoms with Gasteiger partial charge in [0.1, 0.15) is 18.5 Å². The van der Waals surface area contributed by atoms with E-state index in [2.05, 4.69) is 23.1 Å². The molecule has 0 radical (unpaired) electrons. The average Bonchev–Trinajstić information content (AvgIpc) is 2.95. The second kappa shape index (κ2) is 8.40. The van der Waals surface area contributed by atoms with Gasteiger partial charge in [-0.3, -0.25) is 9.69 Å². The summed E-state index contributed by atoms with van der Waals surface area (Å²) < 4.78 is 11.5. The van der Waals surface area contributed by atoms with Crippen LogP contribution in [0.1, 0.15) is 49.7 Å². The molecule has 1 aromatic rings. The van der Waals surface area contributed by atoms with Crippen molar-refractivity contribution < 1.29 is 14.3 Å². The second-order valence-corrected chi connectivity index (χ2v) is 7.74. The Balaban J connectivity index is 1.46. The molecule has 142 valence electrons. The van der Waals surface area contributed by atoms with Gasteiger partial charge < -0.3 is 14.4 Å². The van der Waals surface area contributed by atoms with Gasteiger partial charge in [0.05, 0.1) is 6.54 Å². The molecule has 0 spiro atoms. The highest BCUT2D eigenvalue weighted by Crippen LogP contribution is 2.27. The third-order valence-corrected chi connectivity index (χ3v) is 5.73. The molecular formula is C21H30N2O3. The van der Waals surface area contributed by atoms with Crippen LogP contribution in [0.25, 0.3) is 0 Å². The van der Waals surface area contributed by atoms with Crippen LogP contribution in [-0.2, 0) is 22.6 Å². The fraction of sp³-hybridized carbons (Fsp3) is 0.667. The number of hydrogen-bond acceptors (Lipinski definition) is 4. The lowest BCUT2D eigenvalue weighted by Gasteiger charge is -2.23. The molecular weight excluding hydrogens is 328 g/mol. The number of benzene rings is 1. The van der Waals surface area contributed by atoms with Gasteiger partial charge >= 0.3 is 0 Å². The van der Waals surface area contributed by atoms with Crippen molar-refractivity contribution in [1.82, 2.24) is 9.80 Å². The van der Waals surface area contributed by atoms with Crippen molar-refractivity contribution in [2.24, 2.45) is 0 Å².